The van der Waals surface area contributed by atoms with E-state index in [9.17, 15) is 9.90 Å². The van der Waals surface area contributed by atoms with Gasteiger partial charge in [-0.2, -0.15) is 0 Å². The van der Waals surface area contributed by atoms with E-state index < -0.39 is 5.60 Å². The number of hydrogen-bond donors (Lipinski definition) is 1. The highest BCUT2D eigenvalue weighted by Crippen LogP contribution is 2.24. The molecule has 0 amide bonds. The minimum Gasteiger partial charge on any atom is -0.494 e. The summed E-state index contributed by atoms with van der Waals surface area (Å²) >= 11 is 0. The van der Waals surface area contributed by atoms with Crippen molar-refractivity contribution in [2.75, 3.05) is 26.3 Å². The van der Waals surface area contributed by atoms with Crippen LogP contribution in [0, 0.1) is 6.92 Å². The van der Waals surface area contributed by atoms with E-state index in [0.29, 0.717) is 26.3 Å². The highest BCUT2D eigenvalue weighted by molar-refractivity contribution is 5.27. The first-order valence-electron chi connectivity index (χ1n) is 12.0. The third kappa shape index (κ3) is 6.95. The van der Waals surface area contributed by atoms with E-state index in [2.05, 4.69) is 17.0 Å². The molecule has 0 radical (unpaired) electrons. The average Bonchev–Trinajstić information content (AvgIpc) is 2.84. The molecule has 1 saturated heterocycles. The van der Waals surface area contributed by atoms with Gasteiger partial charge in [0.2, 0.25) is 0 Å². The molecule has 3 aromatic rings. The van der Waals surface area contributed by atoms with Crippen molar-refractivity contribution in [3.8, 4) is 11.5 Å². The van der Waals surface area contributed by atoms with Crippen molar-refractivity contribution in [1.29, 1.82) is 0 Å². The minimum absolute atomic E-state index is 0.0196. The topological polar surface area (TPSA) is 63.9 Å². The average molecular weight is 463 g/mol. The molecule has 2 aromatic carbocycles. The Morgan fingerprint density at radius 3 is 2.53 bits per heavy atom. The van der Waals surface area contributed by atoms with Crippen molar-refractivity contribution in [3.63, 3.8) is 0 Å². The molecule has 0 saturated carbocycles. The Hall–Kier alpha value is -3.09. The van der Waals surface area contributed by atoms with Gasteiger partial charge in [0, 0.05) is 31.9 Å². The summed E-state index contributed by atoms with van der Waals surface area (Å²) in [5.74, 6) is 1.61. The number of β-amino-alcohol motifs (C(OH)–C–C–N with tert-alkyl or cyclic N) is 1. The molecule has 0 unspecified atom stereocenters. The number of benzene rings is 2. The number of nitrogens with zero attached hydrogens (tertiary/aromatic N) is 2. The fourth-order valence-electron chi connectivity index (χ4n) is 4.39. The maximum Gasteiger partial charge on any atom is 0.250 e. The second-order valence-corrected chi connectivity index (χ2v) is 9.22. The van der Waals surface area contributed by atoms with Gasteiger partial charge in [0.25, 0.3) is 5.56 Å². The lowest BCUT2D eigenvalue weighted by Gasteiger charge is -2.39. The molecule has 0 bridgehead atoms. The van der Waals surface area contributed by atoms with Gasteiger partial charge >= 0.3 is 0 Å². The number of pyridine rings is 1. The minimum atomic E-state index is -0.837. The maximum absolute atomic E-state index is 11.9. The van der Waals surface area contributed by atoms with E-state index in [1.165, 1.54) is 5.56 Å². The Bertz CT molecular complexity index is 1100. The van der Waals surface area contributed by atoms with Crippen molar-refractivity contribution in [3.05, 3.63) is 94.4 Å². The van der Waals surface area contributed by atoms with Gasteiger partial charge < -0.3 is 19.1 Å². The first-order chi connectivity index (χ1) is 16.5. The number of aryl methyl sites for hydroxylation is 2. The van der Waals surface area contributed by atoms with Gasteiger partial charge in [0.05, 0.1) is 6.61 Å². The Kier molecular flexibility index (Phi) is 8.03. The largest absolute Gasteiger partial charge is 0.494 e. The third-order valence-corrected chi connectivity index (χ3v) is 6.16. The maximum atomic E-state index is 11.9. The first kappa shape index (κ1) is 24.0. The Morgan fingerprint density at radius 2 is 1.74 bits per heavy atom. The number of hydrogen-bond acceptors (Lipinski definition) is 5. The molecule has 2 heterocycles. The van der Waals surface area contributed by atoms with Crippen LogP contribution in [0.1, 0.15) is 30.4 Å². The van der Waals surface area contributed by atoms with Crippen molar-refractivity contribution in [1.82, 2.24) is 9.47 Å². The third-order valence-electron chi connectivity index (χ3n) is 6.16. The molecular weight excluding hydrogens is 428 g/mol. The first-order valence-corrected chi connectivity index (χ1v) is 12.0. The monoisotopic (exact) mass is 462 g/mol. The van der Waals surface area contributed by atoms with Gasteiger partial charge in [-0.05, 0) is 68.1 Å². The summed E-state index contributed by atoms with van der Waals surface area (Å²) < 4.78 is 13.4. The SMILES string of the molecule is Cc1ccc(=O)n(CCCOc2ccc(CN3CCC[C@@](O)(COc4ccccc4)C3)cc2)c1. The van der Waals surface area contributed by atoms with Crippen molar-refractivity contribution in [2.24, 2.45) is 0 Å². The lowest BCUT2D eigenvalue weighted by molar-refractivity contribution is -0.0621. The van der Waals surface area contributed by atoms with Crippen molar-refractivity contribution >= 4 is 0 Å². The number of para-hydroxylation sites is 1. The van der Waals surface area contributed by atoms with E-state index in [4.69, 9.17) is 9.47 Å². The van der Waals surface area contributed by atoms with Crippen LogP contribution in [0.25, 0.3) is 0 Å². The Morgan fingerprint density at radius 1 is 0.971 bits per heavy atom. The van der Waals surface area contributed by atoms with Crippen LogP contribution in [-0.2, 0) is 13.1 Å². The van der Waals surface area contributed by atoms with Crippen LogP contribution in [0.5, 0.6) is 11.5 Å². The van der Waals surface area contributed by atoms with Gasteiger partial charge in [-0.3, -0.25) is 9.69 Å². The number of ether oxygens (including phenoxy) is 2. The number of aromatic nitrogens is 1. The highest BCUT2D eigenvalue weighted by Gasteiger charge is 2.34. The van der Waals surface area contributed by atoms with E-state index in [-0.39, 0.29) is 5.56 Å². The van der Waals surface area contributed by atoms with Gasteiger partial charge in [-0.1, -0.05) is 36.4 Å². The quantitative estimate of drug-likeness (QED) is 0.461. The van der Waals surface area contributed by atoms with Gasteiger partial charge in [0.1, 0.15) is 23.7 Å². The fourth-order valence-corrected chi connectivity index (χ4v) is 4.39. The molecule has 6 nitrogen and oxygen atoms in total. The van der Waals surface area contributed by atoms with E-state index in [1.807, 2.05) is 61.7 Å². The smallest absolute Gasteiger partial charge is 0.250 e. The molecule has 1 aliphatic heterocycles. The molecule has 0 spiro atoms. The summed E-state index contributed by atoms with van der Waals surface area (Å²) in [4.78, 5) is 14.2. The molecule has 4 rings (SSSR count). The van der Waals surface area contributed by atoms with Crippen molar-refractivity contribution in [2.45, 2.75) is 44.9 Å². The van der Waals surface area contributed by atoms with Crippen LogP contribution in [0.4, 0.5) is 0 Å². The van der Waals surface area contributed by atoms with E-state index in [0.717, 1.165) is 49.4 Å². The molecule has 180 valence electrons. The summed E-state index contributed by atoms with van der Waals surface area (Å²) in [5, 5.41) is 11.1. The van der Waals surface area contributed by atoms with E-state index >= 15 is 0 Å². The molecule has 1 aromatic heterocycles. The van der Waals surface area contributed by atoms with Crippen LogP contribution in [-0.4, -0.2) is 46.5 Å². The van der Waals surface area contributed by atoms with Crippen LogP contribution >= 0.6 is 0 Å². The summed E-state index contributed by atoms with van der Waals surface area (Å²) in [5.41, 5.74) is 1.45. The summed E-state index contributed by atoms with van der Waals surface area (Å²) in [6.45, 7) is 5.82. The molecule has 6 heteroatoms. The second-order valence-electron chi connectivity index (χ2n) is 9.22. The molecule has 1 atom stereocenters. The molecule has 34 heavy (non-hydrogen) atoms. The molecule has 0 aliphatic carbocycles. The highest BCUT2D eigenvalue weighted by atomic mass is 16.5. The fraction of sp³-hybridized carbons (Fsp3) is 0.393. The molecule has 1 aliphatic rings. The van der Waals surface area contributed by atoms with E-state index in [1.54, 1.807) is 10.6 Å². The summed E-state index contributed by atoms with van der Waals surface area (Å²) in [6.07, 6.45) is 4.34. The van der Waals surface area contributed by atoms with Crippen LogP contribution < -0.4 is 15.0 Å². The molecule has 1 N–H and O–H groups in total. The lowest BCUT2D eigenvalue weighted by atomic mass is 9.93. The summed E-state index contributed by atoms with van der Waals surface area (Å²) in [6, 6.07) is 21.2. The predicted octanol–water partition coefficient (Wildman–Crippen LogP) is 4.03. The standard InChI is InChI=1S/C28H34N2O4/c1-23-9-14-27(31)30(19-23)17-6-18-33-26-12-10-24(11-13-26)20-29-16-5-15-28(32,21-29)22-34-25-7-3-2-4-8-25/h2-4,7-14,19,32H,5-6,15-18,20-22H2,1H3/t28-/m0/s1. The second kappa shape index (κ2) is 11.4. The number of likely N-dealkylation sites (tertiary alicyclic amines) is 1. The Labute approximate surface area is 201 Å². The number of aliphatic hydroxyl groups is 1. The molecule has 1 fully saturated rings. The zero-order valence-electron chi connectivity index (χ0n) is 19.9. The number of piperidine rings is 1. The lowest BCUT2D eigenvalue weighted by Crippen LogP contribution is -2.51. The van der Waals surface area contributed by atoms with Crippen molar-refractivity contribution < 1.29 is 14.6 Å². The van der Waals surface area contributed by atoms with Gasteiger partial charge in [-0.25, -0.2) is 0 Å². The molecular formula is C28H34N2O4. The zero-order valence-corrected chi connectivity index (χ0v) is 19.9. The summed E-state index contributed by atoms with van der Waals surface area (Å²) in [7, 11) is 0. The predicted molar refractivity (Wildman–Crippen MR) is 133 cm³/mol. The van der Waals surface area contributed by atoms with Gasteiger partial charge in [-0.15, -0.1) is 0 Å². The van der Waals surface area contributed by atoms with Gasteiger partial charge in [0.15, 0.2) is 0 Å². The van der Waals surface area contributed by atoms with Crippen LogP contribution in [0.15, 0.2) is 77.7 Å². The number of rotatable bonds is 10. The van der Waals surface area contributed by atoms with Crippen LogP contribution in [0.2, 0.25) is 0 Å². The normalized spacial score (nSPS) is 18.5. The zero-order chi connectivity index (χ0) is 23.8. The van der Waals surface area contributed by atoms with Crippen LogP contribution in [0.3, 0.4) is 0 Å². The Balaban J connectivity index is 1.22.